The number of amides is 1. The first-order valence-corrected chi connectivity index (χ1v) is 10.3. The highest BCUT2D eigenvalue weighted by Gasteiger charge is 2.16. The minimum atomic E-state index is -0.0616. The number of rotatable bonds is 11. The molecule has 0 spiro atoms. The number of carbonyl (C=O) groups excluding carboxylic acids is 1. The Morgan fingerprint density at radius 1 is 1.03 bits per heavy atom. The zero-order chi connectivity index (χ0) is 21.2. The van der Waals surface area contributed by atoms with Crippen LogP contribution >= 0.6 is 11.6 Å². The van der Waals surface area contributed by atoms with Gasteiger partial charge in [-0.05, 0) is 29.3 Å². The van der Waals surface area contributed by atoms with Crippen molar-refractivity contribution in [3.63, 3.8) is 0 Å². The van der Waals surface area contributed by atoms with Crippen molar-refractivity contribution in [2.24, 2.45) is 0 Å². The largest absolute Gasteiger partial charge is 0.383 e. The van der Waals surface area contributed by atoms with Crippen LogP contribution in [0.3, 0.4) is 0 Å². The summed E-state index contributed by atoms with van der Waals surface area (Å²) in [7, 11) is 1.63. The first kappa shape index (κ1) is 22.1. The van der Waals surface area contributed by atoms with E-state index < -0.39 is 0 Å². The van der Waals surface area contributed by atoms with Crippen LogP contribution in [0.5, 0.6) is 0 Å². The van der Waals surface area contributed by atoms with Gasteiger partial charge in [-0.2, -0.15) is 0 Å². The lowest BCUT2D eigenvalue weighted by atomic mass is 10.2. The van der Waals surface area contributed by atoms with E-state index in [9.17, 15) is 4.79 Å². The van der Waals surface area contributed by atoms with E-state index in [1.165, 1.54) is 0 Å². The summed E-state index contributed by atoms with van der Waals surface area (Å²) < 4.78 is 13.0. The number of hydrogen-bond donors (Lipinski definition) is 0. The first-order valence-electron chi connectivity index (χ1n) is 9.93. The zero-order valence-electron chi connectivity index (χ0n) is 17.2. The fourth-order valence-corrected chi connectivity index (χ4v) is 3.36. The molecule has 30 heavy (non-hydrogen) atoms. The van der Waals surface area contributed by atoms with Crippen molar-refractivity contribution >= 4 is 17.5 Å². The van der Waals surface area contributed by atoms with Crippen molar-refractivity contribution in [1.82, 2.24) is 9.47 Å². The predicted molar refractivity (Wildman–Crippen MR) is 118 cm³/mol. The van der Waals surface area contributed by atoms with Gasteiger partial charge in [0.25, 0.3) is 0 Å². The van der Waals surface area contributed by atoms with E-state index in [1.54, 1.807) is 12.0 Å². The summed E-state index contributed by atoms with van der Waals surface area (Å²) in [5, 5.41) is 0.735. The minimum Gasteiger partial charge on any atom is -0.383 e. The van der Waals surface area contributed by atoms with Gasteiger partial charge in [0.1, 0.15) is 6.61 Å². The smallest absolute Gasteiger partial charge is 0.249 e. The van der Waals surface area contributed by atoms with Crippen LogP contribution in [0.2, 0.25) is 5.02 Å². The van der Waals surface area contributed by atoms with Crippen LogP contribution in [0.25, 0.3) is 0 Å². The fraction of sp³-hybridized carbons (Fsp3) is 0.292. The van der Waals surface area contributed by atoms with Gasteiger partial charge in [-0.25, -0.2) is 0 Å². The van der Waals surface area contributed by atoms with Crippen molar-refractivity contribution in [3.8, 4) is 0 Å². The molecule has 3 rings (SSSR count). The predicted octanol–water partition coefficient (Wildman–Crippen LogP) is 4.38. The molecule has 0 radical (unpaired) electrons. The maximum atomic E-state index is 12.8. The number of aromatic nitrogens is 1. The lowest BCUT2D eigenvalue weighted by Crippen LogP contribution is -2.36. The quantitative estimate of drug-likeness (QED) is 0.457. The molecule has 0 saturated carbocycles. The van der Waals surface area contributed by atoms with Gasteiger partial charge in [-0.1, -0.05) is 60.1 Å². The Labute approximate surface area is 182 Å². The summed E-state index contributed by atoms with van der Waals surface area (Å²) in [5.41, 5.74) is 3.11. The molecule has 0 fully saturated rings. The van der Waals surface area contributed by atoms with Gasteiger partial charge in [0.2, 0.25) is 5.91 Å². The molecule has 3 aromatic rings. The second-order valence-corrected chi connectivity index (χ2v) is 7.41. The number of carbonyl (C=O) groups is 1. The molecule has 6 heteroatoms. The molecule has 0 bridgehead atoms. The van der Waals surface area contributed by atoms with Gasteiger partial charge in [0.05, 0.1) is 19.8 Å². The second kappa shape index (κ2) is 11.6. The molecular weight excluding hydrogens is 400 g/mol. The Balaban J connectivity index is 1.62. The Morgan fingerprint density at radius 3 is 2.57 bits per heavy atom. The molecule has 1 heterocycles. The summed E-state index contributed by atoms with van der Waals surface area (Å²) in [5.74, 6) is -0.0616. The van der Waals surface area contributed by atoms with E-state index in [1.807, 2.05) is 72.9 Å². The summed E-state index contributed by atoms with van der Waals surface area (Å²) in [6.45, 7) is 2.54. The molecule has 1 amide bonds. The van der Waals surface area contributed by atoms with Crippen LogP contribution in [-0.2, 0) is 34.0 Å². The highest BCUT2D eigenvalue weighted by Crippen LogP contribution is 2.18. The Kier molecular flexibility index (Phi) is 8.51. The Bertz CT molecular complexity index is 927. The van der Waals surface area contributed by atoms with Crippen LogP contribution in [0.1, 0.15) is 16.8 Å². The third kappa shape index (κ3) is 6.46. The number of ether oxygens (including phenoxy) is 2. The van der Waals surface area contributed by atoms with Gasteiger partial charge in [-0.3, -0.25) is 4.79 Å². The summed E-state index contributed by atoms with van der Waals surface area (Å²) in [6.07, 6.45) is 2.00. The molecule has 0 unspecified atom stereocenters. The molecule has 0 saturated heterocycles. The van der Waals surface area contributed by atoms with E-state index in [2.05, 4.69) is 4.57 Å². The Morgan fingerprint density at radius 2 is 1.80 bits per heavy atom. The molecular formula is C24H27ClN2O3. The van der Waals surface area contributed by atoms with Gasteiger partial charge in [0.15, 0.2) is 0 Å². The van der Waals surface area contributed by atoms with E-state index in [0.717, 1.165) is 21.8 Å². The lowest BCUT2D eigenvalue weighted by Gasteiger charge is -2.23. The van der Waals surface area contributed by atoms with Gasteiger partial charge >= 0.3 is 0 Å². The monoisotopic (exact) mass is 426 g/mol. The maximum absolute atomic E-state index is 12.8. The highest BCUT2D eigenvalue weighted by atomic mass is 35.5. The third-order valence-corrected chi connectivity index (χ3v) is 5.20. The van der Waals surface area contributed by atoms with E-state index in [-0.39, 0.29) is 12.5 Å². The molecule has 0 aliphatic heterocycles. The van der Waals surface area contributed by atoms with E-state index in [4.69, 9.17) is 21.1 Å². The number of benzene rings is 2. The SMILES string of the molecule is COCCN(Cc1cccn1Cc1ccccc1Cl)C(=O)COCc1ccccc1. The zero-order valence-corrected chi connectivity index (χ0v) is 17.9. The van der Waals surface area contributed by atoms with Gasteiger partial charge in [-0.15, -0.1) is 0 Å². The fourth-order valence-electron chi connectivity index (χ4n) is 3.17. The average Bonchev–Trinajstić information content (AvgIpc) is 3.20. The number of methoxy groups -OCH3 is 1. The van der Waals surface area contributed by atoms with E-state index in [0.29, 0.717) is 32.8 Å². The average molecular weight is 427 g/mol. The summed E-state index contributed by atoms with van der Waals surface area (Å²) in [6, 6.07) is 21.6. The van der Waals surface area contributed by atoms with Crippen LogP contribution in [0, 0.1) is 0 Å². The molecule has 2 aromatic carbocycles. The number of hydrogen-bond acceptors (Lipinski definition) is 3. The summed E-state index contributed by atoms with van der Waals surface area (Å²) in [4.78, 5) is 14.6. The van der Waals surface area contributed by atoms with Gasteiger partial charge < -0.3 is 18.9 Å². The molecule has 1 aromatic heterocycles. The number of nitrogens with zero attached hydrogens (tertiary/aromatic N) is 2. The van der Waals surface area contributed by atoms with Crippen LogP contribution in [-0.4, -0.2) is 42.2 Å². The van der Waals surface area contributed by atoms with Crippen molar-refractivity contribution in [2.45, 2.75) is 19.7 Å². The standard InChI is InChI=1S/C24H27ClN2O3/c1-29-15-14-27(24(28)19-30-18-20-8-3-2-4-9-20)17-22-11-7-13-26(22)16-21-10-5-6-12-23(21)25/h2-13H,14-19H2,1H3. The Hall–Kier alpha value is -2.60. The molecule has 0 atom stereocenters. The second-order valence-electron chi connectivity index (χ2n) is 7.01. The van der Waals surface area contributed by atoms with Crippen LogP contribution in [0.15, 0.2) is 72.9 Å². The first-order chi connectivity index (χ1) is 14.7. The molecule has 5 nitrogen and oxygen atoms in total. The van der Waals surface area contributed by atoms with Crippen LogP contribution < -0.4 is 0 Å². The maximum Gasteiger partial charge on any atom is 0.249 e. The van der Waals surface area contributed by atoms with Crippen LogP contribution in [0.4, 0.5) is 0 Å². The van der Waals surface area contributed by atoms with Crippen molar-refractivity contribution in [3.05, 3.63) is 94.8 Å². The molecule has 158 valence electrons. The van der Waals surface area contributed by atoms with Crippen molar-refractivity contribution in [1.29, 1.82) is 0 Å². The third-order valence-electron chi connectivity index (χ3n) is 4.83. The lowest BCUT2D eigenvalue weighted by molar-refractivity contribution is -0.138. The number of halogens is 1. The van der Waals surface area contributed by atoms with Gasteiger partial charge in [0, 0.05) is 37.1 Å². The molecule has 0 aliphatic carbocycles. The van der Waals surface area contributed by atoms with Crippen molar-refractivity contribution in [2.75, 3.05) is 26.9 Å². The van der Waals surface area contributed by atoms with Crippen molar-refractivity contribution < 1.29 is 14.3 Å². The highest BCUT2D eigenvalue weighted by molar-refractivity contribution is 6.31. The molecule has 0 aliphatic rings. The normalized spacial score (nSPS) is 10.9. The van der Waals surface area contributed by atoms with E-state index >= 15 is 0 Å². The topological polar surface area (TPSA) is 43.7 Å². The summed E-state index contributed by atoms with van der Waals surface area (Å²) >= 11 is 6.32. The molecule has 0 N–H and O–H groups in total. The minimum absolute atomic E-state index is 0.0316.